The third kappa shape index (κ3) is 3.43. The van der Waals surface area contributed by atoms with Gasteiger partial charge in [0.2, 0.25) is 6.08 Å². The van der Waals surface area contributed by atoms with Gasteiger partial charge in [-0.3, -0.25) is 0 Å². The number of carbonyl (C=O) groups excluding carboxylic acids is 1. The molecular weight excluding hydrogens is 214 g/mol. The molecule has 2 atom stereocenters. The monoisotopic (exact) mass is 231 g/mol. The van der Waals surface area contributed by atoms with Crippen LogP contribution in [0.4, 0.5) is 0 Å². The van der Waals surface area contributed by atoms with E-state index >= 15 is 0 Å². The highest BCUT2D eigenvalue weighted by molar-refractivity contribution is 5.33. The van der Waals surface area contributed by atoms with E-state index in [1.54, 1.807) is 6.08 Å². The molecule has 0 saturated heterocycles. The lowest BCUT2D eigenvalue weighted by atomic mass is 9.93. The van der Waals surface area contributed by atoms with Crippen LogP contribution in [0.2, 0.25) is 0 Å². The van der Waals surface area contributed by atoms with Gasteiger partial charge in [-0.15, -0.1) is 0 Å². The first-order valence-corrected chi connectivity index (χ1v) is 6.08. The lowest BCUT2D eigenvalue weighted by Gasteiger charge is -2.26. The number of nitrogens with zero attached hydrogens (tertiary/aromatic N) is 1. The molecule has 0 radical (unpaired) electrons. The van der Waals surface area contributed by atoms with Gasteiger partial charge in [-0.05, 0) is 43.9 Å². The van der Waals surface area contributed by atoms with E-state index in [1.165, 1.54) is 5.56 Å². The van der Waals surface area contributed by atoms with Crippen molar-refractivity contribution in [2.24, 2.45) is 4.99 Å². The number of aryl methyl sites for hydroxylation is 1. The van der Waals surface area contributed by atoms with Crippen LogP contribution < -0.4 is 4.74 Å². The zero-order chi connectivity index (χ0) is 12.1. The second-order valence-corrected chi connectivity index (χ2v) is 4.60. The van der Waals surface area contributed by atoms with Crippen molar-refractivity contribution in [3.63, 3.8) is 0 Å². The Labute approximate surface area is 102 Å². The molecule has 90 valence electrons. The third-order valence-corrected chi connectivity index (χ3v) is 3.13. The van der Waals surface area contributed by atoms with Crippen molar-refractivity contribution in [1.82, 2.24) is 0 Å². The SMILES string of the molecule is Cc1cccc(OC2CCCC(N=C=O)C2)c1. The smallest absolute Gasteiger partial charge is 0.235 e. The summed E-state index contributed by atoms with van der Waals surface area (Å²) in [5, 5.41) is 0. The fourth-order valence-corrected chi connectivity index (χ4v) is 2.30. The van der Waals surface area contributed by atoms with E-state index in [0.29, 0.717) is 0 Å². The summed E-state index contributed by atoms with van der Waals surface area (Å²) in [5.41, 5.74) is 1.20. The van der Waals surface area contributed by atoms with Crippen LogP contribution in [0.15, 0.2) is 29.3 Å². The van der Waals surface area contributed by atoms with Crippen molar-refractivity contribution in [3.05, 3.63) is 29.8 Å². The maximum Gasteiger partial charge on any atom is 0.235 e. The topological polar surface area (TPSA) is 38.7 Å². The fourth-order valence-electron chi connectivity index (χ4n) is 2.30. The predicted octanol–water partition coefficient (Wildman–Crippen LogP) is 3.02. The van der Waals surface area contributed by atoms with Crippen molar-refractivity contribution >= 4 is 6.08 Å². The average Bonchev–Trinajstić information content (AvgIpc) is 2.30. The number of isocyanates is 1. The van der Waals surface area contributed by atoms with Gasteiger partial charge in [-0.25, -0.2) is 9.79 Å². The van der Waals surface area contributed by atoms with E-state index in [0.717, 1.165) is 31.4 Å². The molecule has 1 aromatic carbocycles. The van der Waals surface area contributed by atoms with Crippen LogP contribution in [0.3, 0.4) is 0 Å². The molecule has 2 rings (SSSR count). The van der Waals surface area contributed by atoms with E-state index < -0.39 is 0 Å². The van der Waals surface area contributed by atoms with Crippen LogP contribution >= 0.6 is 0 Å². The Morgan fingerprint density at radius 1 is 1.41 bits per heavy atom. The van der Waals surface area contributed by atoms with Gasteiger partial charge in [0, 0.05) is 6.42 Å². The summed E-state index contributed by atoms with van der Waals surface area (Å²) < 4.78 is 5.92. The number of rotatable bonds is 3. The highest BCUT2D eigenvalue weighted by Crippen LogP contribution is 2.25. The highest BCUT2D eigenvalue weighted by atomic mass is 16.5. The van der Waals surface area contributed by atoms with Crippen molar-refractivity contribution < 1.29 is 9.53 Å². The van der Waals surface area contributed by atoms with Crippen LogP contribution in [-0.2, 0) is 4.79 Å². The van der Waals surface area contributed by atoms with E-state index in [9.17, 15) is 4.79 Å². The number of benzene rings is 1. The number of aliphatic imine (C=N–C) groups is 1. The van der Waals surface area contributed by atoms with Crippen LogP contribution in [0, 0.1) is 6.92 Å². The van der Waals surface area contributed by atoms with Gasteiger partial charge in [-0.1, -0.05) is 12.1 Å². The summed E-state index contributed by atoms with van der Waals surface area (Å²) in [6.07, 6.45) is 5.72. The Kier molecular flexibility index (Phi) is 3.94. The molecular formula is C14H17NO2. The van der Waals surface area contributed by atoms with Crippen molar-refractivity contribution in [1.29, 1.82) is 0 Å². The molecule has 3 nitrogen and oxygen atoms in total. The van der Waals surface area contributed by atoms with Gasteiger partial charge >= 0.3 is 0 Å². The third-order valence-electron chi connectivity index (χ3n) is 3.13. The largest absolute Gasteiger partial charge is 0.490 e. The Balaban J connectivity index is 1.96. The lowest BCUT2D eigenvalue weighted by molar-refractivity contribution is 0.145. The Bertz CT molecular complexity index is 424. The molecule has 2 unspecified atom stereocenters. The maximum absolute atomic E-state index is 10.3. The summed E-state index contributed by atoms with van der Waals surface area (Å²) >= 11 is 0. The minimum absolute atomic E-state index is 0.0936. The predicted molar refractivity (Wildman–Crippen MR) is 66.0 cm³/mol. The van der Waals surface area contributed by atoms with E-state index in [1.807, 2.05) is 31.2 Å². The van der Waals surface area contributed by atoms with E-state index in [2.05, 4.69) is 4.99 Å². The normalized spacial score (nSPS) is 23.8. The second-order valence-electron chi connectivity index (χ2n) is 4.60. The lowest BCUT2D eigenvalue weighted by Crippen LogP contribution is -2.27. The van der Waals surface area contributed by atoms with Gasteiger partial charge in [-0.2, -0.15) is 0 Å². The zero-order valence-corrected chi connectivity index (χ0v) is 10.1. The molecule has 1 aromatic rings. The molecule has 17 heavy (non-hydrogen) atoms. The molecule has 0 N–H and O–H groups in total. The summed E-state index contributed by atoms with van der Waals surface area (Å²) in [6.45, 7) is 2.05. The van der Waals surface area contributed by atoms with Crippen LogP contribution in [0.5, 0.6) is 5.75 Å². The molecule has 1 saturated carbocycles. The van der Waals surface area contributed by atoms with Crippen molar-refractivity contribution in [2.45, 2.75) is 44.8 Å². The summed E-state index contributed by atoms with van der Waals surface area (Å²) in [7, 11) is 0. The molecule has 0 spiro atoms. The van der Waals surface area contributed by atoms with Crippen LogP contribution in [0.25, 0.3) is 0 Å². The first kappa shape index (κ1) is 11.9. The molecule has 3 heteroatoms. The first-order chi connectivity index (χ1) is 8.28. The van der Waals surface area contributed by atoms with E-state index in [-0.39, 0.29) is 12.1 Å². The Hall–Kier alpha value is -1.60. The number of ether oxygens (including phenoxy) is 1. The zero-order valence-electron chi connectivity index (χ0n) is 10.1. The number of hydrogen-bond donors (Lipinski definition) is 0. The quantitative estimate of drug-likeness (QED) is 0.592. The van der Waals surface area contributed by atoms with Crippen molar-refractivity contribution in [2.75, 3.05) is 0 Å². The molecule has 0 aliphatic heterocycles. The van der Waals surface area contributed by atoms with Gasteiger partial charge < -0.3 is 4.74 Å². The van der Waals surface area contributed by atoms with Gasteiger partial charge in [0.1, 0.15) is 11.9 Å². The van der Waals surface area contributed by atoms with Crippen LogP contribution in [-0.4, -0.2) is 18.2 Å². The highest BCUT2D eigenvalue weighted by Gasteiger charge is 2.22. The van der Waals surface area contributed by atoms with Crippen molar-refractivity contribution in [3.8, 4) is 5.75 Å². The molecule has 1 aliphatic carbocycles. The average molecular weight is 231 g/mol. The molecule has 1 aliphatic rings. The van der Waals surface area contributed by atoms with E-state index in [4.69, 9.17) is 4.74 Å². The summed E-state index contributed by atoms with van der Waals surface area (Å²) in [5.74, 6) is 0.908. The van der Waals surface area contributed by atoms with Gasteiger partial charge in [0.15, 0.2) is 0 Å². The van der Waals surface area contributed by atoms with Gasteiger partial charge in [0.05, 0.1) is 6.04 Å². The van der Waals surface area contributed by atoms with Crippen LogP contribution in [0.1, 0.15) is 31.2 Å². The Morgan fingerprint density at radius 2 is 2.29 bits per heavy atom. The minimum atomic E-state index is 0.0936. The summed E-state index contributed by atoms with van der Waals surface area (Å²) in [4.78, 5) is 14.1. The maximum atomic E-state index is 10.3. The molecule has 0 amide bonds. The molecule has 0 aromatic heterocycles. The fraction of sp³-hybridized carbons (Fsp3) is 0.500. The summed E-state index contributed by atoms with van der Waals surface area (Å²) in [6, 6.07) is 8.14. The molecule has 0 heterocycles. The first-order valence-electron chi connectivity index (χ1n) is 6.08. The van der Waals surface area contributed by atoms with Gasteiger partial charge in [0.25, 0.3) is 0 Å². The number of hydrogen-bond acceptors (Lipinski definition) is 3. The minimum Gasteiger partial charge on any atom is -0.490 e. The molecule has 0 bridgehead atoms. The Morgan fingerprint density at radius 3 is 3.06 bits per heavy atom. The molecule has 1 fully saturated rings. The standard InChI is InChI=1S/C14H17NO2/c1-11-4-2-6-13(8-11)17-14-7-3-5-12(9-14)15-10-16/h2,4,6,8,12,14H,3,5,7,9H2,1H3. The second kappa shape index (κ2) is 5.65.